The average Bonchev–Trinajstić information content (AvgIpc) is 2.51. The molecule has 1 rings (SSSR count). The van der Waals surface area contributed by atoms with Crippen molar-refractivity contribution in [2.75, 3.05) is 24.6 Å². The van der Waals surface area contributed by atoms with Crippen molar-refractivity contribution >= 4 is 29.5 Å². The van der Waals surface area contributed by atoms with Crippen LogP contribution >= 0.6 is 11.8 Å². The van der Waals surface area contributed by atoms with Crippen molar-refractivity contribution in [3.05, 3.63) is 35.4 Å². The second-order valence-corrected chi connectivity index (χ2v) is 7.63. The Kier molecular flexibility index (Phi) is 7.78. The van der Waals surface area contributed by atoms with Crippen LogP contribution in [0.1, 0.15) is 41.5 Å². The van der Waals surface area contributed by atoms with E-state index in [1.54, 1.807) is 24.3 Å². The van der Waals surface area contributed by atoms with E-state index in [0.717, 1.165) is 0 Å². The van der Waals surface area contributed by atoms with Gasteiger partial charge in [-0.15, -0.1) is 11.8 Å². The quantitative estimate of drug-likeness (QED) is 0.622. The van der Waals surface area contributed by atoms with E-state index in [1.807, 2.05) is 20.8 Å². The second kappa shape index (κ2) is 9.32. The summed E-state index contributed by atoms with van der Waals surface area (Å²) in [5.41, 5.74) is 0.979. The molecule has 0 radical (unpaired) electrons. The van der Waals surface area contributed by atoms with Gasteiger partial charge in [0.25, 0.3) is 11.8 Å². The lowest BCUT2D eigenvalue weighted by Crippen LogP contribution is -2.32. The minimum atomic E-state index is -0.869. The number of hydrogen-bond acceptors (Lipinski definition) is 4. The highest BCUT2D eigenvalue weighted by atomic mass is 32.2. The van der Waals surface area contributed by atoms with Gasteiger partial charge in [0.2, 0.25) is 0 Å². The number of benzene rings is 1. The molecule has 24 heavy (non-hydrogen) atoms. The van der Waals surface area contributed by atoms with E-state index in [2.05, 4.69) is 10.6 Å². The van der Waals surface area contributed by atoms with E-state index >= 15 is 0 Å². The van der Waals surface area contributed by atoms with Gasteiger partial charge in [0.05, 0.1) is 5.75 Å². The molecule has 0 unspecified atom stereocenters. The van der Waals surface area contributed by atoms with Gasteiger partial charge in [0.1, 0.15) is 0 Å². The summed E-state index contributed by atoms with van der Waals surface area (Å²) >= 11 is 1.25. The van der Waals surface area contributed by atoms with Crippen LogP contribution in [0.5, 0.6) is 0 Å². The Morgan fingerprint density at radius 3 is 1.96 bits per heavy atom. The molecule has 2 amide bonds. The first-order valence-corrected chi connectivity index (χ1v) is 8.80. The zero-order chi connectivity index (χ0) is 18.2. The van der Waals surface area contributed by atoms with E-state index in [1.165, 1.54) is 11.8 Å². The topological polar surface area (TPSA) is 95.5 Å². The third-order valence-corrected chi connectivity index (χ3v) is 3.89. The molecule has 6 nitrogen and oxygen atoms in total. The Balaban J connectivity index is 2.44. The van der Waals surface area contributed by atoms with E-state index < -0.39 is 5.97 Å². The first-order chi connectivity index (χ1) is 11.2. The molecular weight excluding hydrogens is 328 g/mol. The molecule has 132 valence electrons. The number of thioether (sulfide) groups is 1. The molecule has 0 aromatic heterocycles. The summed E-state index contributed by atoms with van der Waals surface area (Å²) < 4.78 is 0. The Morgan fingerprint density at radius 2 is 1.50 bits per heavy atom. The fourth-order valence-electron chi connectivity index (χ4n) is 1.72. The molecule has 0 aliphatic heterocycles. The van der Waals surface area contributed by atoms with Crippen molar-refractivity contribution in [1.29, 1.82) is 0 Å². The van der Waals surface area contributed by atoms with Gasteiger partial charge in [0, 0.05) is 30.0 Å². The third-order valence-electron chi connectivity index (χ3n) is 2.95. The largest absolute Gasteiger partial charge is 0.481 e. The van der Waals surface area contributed by atoms with Crippen molar-refractivity contribution in [1.82, 2.24) is 10.6 Å². The maximum absolute atomic E-state index is 12.0. The van der Waals surface area contributed by atoms with Crippen molar-refractivity contribution < 1.29 is 19.5 Å². The Hall–Kier alpha value is -2.02. The van der Waals surface area contributed by atoms with Crippen LogP contribution in [-0.2, 0) is 4.79 Å². The van der Waals surface area contributed by atoms with Gasteiger partial charge in [-0.3, -0.25) is 14.4 Å². The smallest absolute Gasteiger partial charge is 0.313 e. The number of carbonyl (C=O) groups excluding carboxylic acids is 2. The van der Waals surface area contributed by atoms with Gasteiger partial charge in [-0.1, -0.05) is 20.8 Å². The summed E-state index contributed by atoms with van der Waals surface area (Å²) in [6.07, 6.45) is 0. The molecule has 0 spiro atoms. The average molecular weight is 352 g/mol. The molecule has 0 atom stereocenters. The van der Waals surface area contributed by atoms with Crippen LogP contribution in [0.3, 0.4) is 0 Å². The van der Waals surface area contributed by atoms with Crippen molar-refractivity contribution in [2.24, 2.45) is 5.41 Å². The summed E-state index contributed by atoms with van der Waals surface area (Å²) in [5, 5.41) is 14.1. The number of carboxylic acids is 1. The highest BCUT2D eigenvalue weighted by molar-refractivity contribution is 7.99. The Bertz CT molecular complexity index is 579. The predicted molar refractivity (Wildman–Crippen MR) is 95.5 cm³/mol. The molecule has 0 saturated carbocycles. The standard InChI is InChI=1S/C17H24N2O4S/c1-17(2,3)11-19-16(23)13-6-4-12(5-7-13)15(22)18-8-9-24-10-14(20)21/h4-7H,8-11H2,1-3H3,(H,18,22)(H,19,23)(H,20,21). The highest BCUT2D eigenvalue weighted by Crippen LogP contribution is 2.11. The van der Waals surface area contributed by atoms with Crippen molar-refractivity contribution in [3.8, 4) is 0 Å². The van der Waals surface area contributed by atoms with Gasteiger partial charge in [-0.25, -0.2) is 0 Å². The summed E-state index contributed by atoms with van der Waals surface area (Å²) in [6.45, 7) is 7.08. The fourth-order valence-corrected chi connectivity index (χ4v) is 2.28. The molecule has 0 heterocycles. The van der Waals surface area contributed by atoms with Crippen LogP contribution in [-0.4, -0.2) is 47.5 Å². The SMILES string of the molecule is CC(C)(C)CNC(=O)c1ccc(C(=O)NCCSCC(=O)O)cc1. The molecule has 0 aliphatic rings. The minimum Gasteiger partial charge on any atom is -0.481 e. The second-order valence-electron chi connectivity index (χ2n) is 6.52. The molecule has 0 saturated heterocycles. The first kappa shape index (κ1) is 20.0. The molecular formula is C17H24N2O4S. The summed E-state index contributed by atoms with van der Waals surface area (Å²) in [5.74, 6) is -0.722. The molecule has 3 N–H and O–H groups in total. The number of amides is 2. The lowest BCUT2D eigenvalue weighted by Gasteiger charge is -2.18. The fraction of sp³-hybridized carbons (Fsp3) is 0.471. The van der Waals surface area contributed by atoms with Gasteiger partial charge < -0.3 is 15.7 Å². The van der Waals surface area contributed by atoms with Crippen LogP contribution in [0.2, 0.25) is 0 Å². The van der Waals surface area contributed by atoms with Crippen LogP contribution in [0.4, 0.5) is 0 Å². The minimum absolute atomic E-state index is 0.00807. The number of carboxylic acid groups (broad SMARTS) is 1. The Labute approximate surface area is 146 Å². The monoisotopic (exact) mass is 352 g/mol. The maximum Gasteiger partial charge on any atom is 0.313 e. The molecule has 0 bridgehead atoms. The summed E-state index contributed by atoms with van der Waals surface area (Å²) in [7, 11) is 0. The Morgan fingerprint density at radius 1 is 1.00 bits per heavy atom. The number of hydrogen-bond donors (Lipinski definition) is 3. The maximum atomic E-state index is 12.0. The summed E-state index contributed by atoms with van der Waals surface area (Å²) in [6, 6.07) is 6.44. The zero-order valence-corrected chi connectivity index (χ0v) is 15.0. The van der Waals surface area contributed by atoms with E-state index in [0.29, 0.717) is 30.0 Å². The predicted octanol–water partition coefficient (Wildman–Crippen LogP) is 2.01. The van der Waals surface area contributed by atoms with Gasteiger partial charge in [0.15, 0.2) is 0 Å². The number of carbonyl (C=O) groups is 3. The van der Waals surface area contributed by atoms with E-state index in [-0.39, 0.29) is 23.0 Å². The lowest BCUT2D eigenvalue weighted by atomic mass is 9.97. The first-order valence-electron chi connectivity index (χ1n) is 7.65. The van der Waals surface area contributed by atoms with Crippen LogP contribution in [0.25, 0.3) is 0 Å². The van der Waals surface area contributed by atoms with Gasteiger partial charge >= 0.3 is 5.97 Å². The number of aliphatic carboxylic acids is 1. The van der Waals surface area contributed by atoms with Crippen molar-refractivity contribution in [2.45, 2.75) is 20.8 Å². The zero-order valence-electron chi connectivity index (χ0n) is 14.2. The molecule has 7 heteroatoms. The van der Waals surface area contributed by atoms with Crippen LogP contribution in [0.15, 0.2) is 24.3 Å². The van der Waals surface area contributed by atoms with Gasteiger partial charge in [-0.2, -0.15) is 0 Å². The van der Waals surface area contributed by atoms with Crippen LogP contribution < -0.4 is 10.6 Å². The van der Waals surface area contributed by atoms with E-state index in [4.69, 9.17) is 5.11 Å². The summed E-state index contributed by atoms with van der Waals surface area (Å²) in [4.78, 5) is 34.3. The lowest BCUT2D eigenvalue weighted by molar-refractivity contribution is -0.133. The number of nitrogens with one attached hydrogen (secondary N) is 2. The highest BCUT2D eigenvalue weighted by Gasteiger charge is 2.13. The molecule has 1 aromatic rings. The third kappa shape index (κ3) is 8.01. The van der Waals surface area contributed by atoms with E-state index in [9.17, 15) is 14.4 Å². The molecule has 0 aliphatic carbocycles. The molecule has 1 aromatic carbocycles. The normalized spacial score (nSPS) is 11.0. The van der Waals surface area contributed by atoms with Crippen molar-refractivity contribution in [3.63, 3.8) is 0 Å². The molecule has 0 fully saturated rings. The van der Waals surface area contributed by atoms with Crippen LogP contribution in [0, 0.1) is 5.41 Å². The van der Waals surface area contributed by atoms with Gasteiger partial charge in [-0.05, 0) is 29.7 Å². The number of rotatable bonds is 8.